The molecular formula is C33H49N3O3. The van der Waals surface area contributed by atoms with Gasteiger partial charge in [0.05, 0.1) is 0 Å². The van der Waals surface area contributed by atoms with E-state index >= 15 is 0 Å². The number of hydrogen-bond donors (Lipinski definition) is 1. The first-order chi connectivity index (χ1) is 18.9. The van der Waals surface area contributed by atoms with Crippen LogP contribution in [0.25, 0.3) is 0 Å². The highest BCUT2D eigenvalue weighted by Gasteiger charge is 2.54. The van der Waals surface area contributed by atoms with E-state index < -0.39 is 5.60 Å². The number of nitrogens with zero attached hydrogens (tertiary/aromatic N) is 3. The molecule has 3 unspecified atom stereocenters. The average Bonchev–Trinajstić information content (AvgIpc) is 3.60. The molecule has 1 N–H and O–H groups in total. The number of carbonyl (C=O) groups is 2. The molecule has 0 spiro atoms. The summed E-state index contributed by atoms with van der Waals surface area (Å²) in [5.41, 5.74) is 1.44. The number of piperazine rings is 1. The molecule has 214 valence electrons. The Morgan fingerprint density at radius 3 is 2.00 bits per heavy atom. The Bertz CT molecular complexity index is 1020. The van der Waals surface area contributed by atoms with Gasteiger partial charge in [-0.2, -0.15) is 0 Å². The van der Waals surface area contributed by atoms with Crippen LogP contribution >= 0.6 is 0 Å². The zero-order chi connectivity index (χ0) is 27.0. The minimum atomic E-state index is -1.12. The molecule has 3 aliphatic carbocycles. The maximum Gasteiger partial charge on any atom is 0.254 e. The number of carbonyl (C=O) groups excluding carboxylic acids is 2. The zero-order valence-electron chi connectivity index (χ0n) is 24.1. The molecule has 3 atom stereocenters. The second-order valence-electron chi connectivity index (χ2n) is 13.5. The maximum atomic E-state index is 13.2. The lowest BCUT2D eigenvalue weighted by atomic mass is 9.61. The summed E-state index contributed by atoms with van der Waals surface area (Å²) in [7, 11) is 2.41. The first kappa shape index (κ1) is 27.3. The van der Waals surface area contributed by atoms with Crippen molar-refractivity contribution in [3.05, 3.63) is 35.4 Å². The number of hydrogen-bond acceptors (Lipinski definition) is 4. The molecule has 0 aromatic heterocycles. The van der Waals surface area contributed by atoms with Crippen LogP contribution in [0, 0.1) is 11.8 Å². The van der Waals surface area contributed by atoms with Gasteiger partial charge < -0.3 is 19.8 Å². The highest BCUT2D eigenvalue weighted by Crippen LogP contribution is 2.55. The van der Waals surface area contributed by atoms with Crippen LogP contribution in [0.1, 0.15) is 112 Å². The Labute approximate surface area is 235 Å². The van der Waals surface area contributed by atoms with Crippen LogP contribution in [0.5, 0.6) is 0 Å². The third-order valence-corrected chi connectivity index (χ3v) is 11.4. The molecule has 1 aromatic rings. The van der Waals surface area contributed by atoms with Gasteiger partial charge >= 0.3 is 0 Å². The number of rotatable bonds is 4. The number of benzene rings is 1. The van der Waals surface area contributed by atoms with Gasteiger partial charge in [-0.15, -0.1) is 0 Å². The smallest absolute Gasteiger partial charge is 0.254 e. The summed E-state index contributed by atoms with van der Waals surface area (Å²) >= 11 is 0. The van der Waals surface area contributed by atoms with Gasteiger partial charge in [-0.1, -0.05) is 50.7 Å². The van der Waals surface area contributed by atoms with Gasteiger partial charge in [-0.3, -0.25) is 9.59 Å². The van der Waals surface area contributed by atoms with Crippen LogP contribution in [-0.2, 0) is 4.79 Å². The van der Waals surface area contributed by atoms with Crippen molar-refractivity contribution >= 4 is 11.8 Å². The van der Waals surface area contributed by atoms with Crippen molar-refractivity contribution in [2.75, 3.05) is 39.8 Å². The largest absolute Gasteiger partial charge is 0.380 e. The molecule has 6 nitrogen and oxygen atoms in total. The van der Waals surface area contributed by atoms with Gasteiger partial charge in [0.25, 0.3) is 11.8 Å². The quantitative estimate of drug-likeness (QED) is 0.575. The Morgan fingerprint density at radius 1 is 0.744 bits per heavy atom. The van der Waals surface area contributed by atoms with Gasteiger partial charge in [0, 0.05) is 37.3 Å². The molecule has 3 saturated carbocycles. The van der Waals surface area contributed by atoms with Gasteiger partial charge in [0.2, 0.25) is 0 Å². The van der Waals surface area contributed by atoms with E-state index in [4.69, 9.17) is 0 Å². The van der Waals surface area contributed by atoms with Gasteiger partial charge in [-0.25, -0.2) is 0 Å². The number of likely N-dealkylation sites (tertiary alicyclic amines) is 1. The molecule has 5 aliphatic rings. The van der Waals surface area contributed by atoms with Crippen molar-refractivity contribution in [3.8, 4) is 0 Å². The highest BCUT2D eigenvalue weighted by molar-refractivity contribution is 5.94. The van der Waals surface area contributed by atoms with Gasteiger partial charge in [0.1, 0.15) is 5.60 Å². The fourth-order valence-corrected chi connectivity index (χ4v) is 8.81. The first-order valence-electron chi connectivity index (χ1n) is 16.0. The van der Waals surface area contributed by atoms with Crippen LogP contribution in [0.4, 0.5) is 0 Å². The van der Waals surface area contributed by atoms with E-state index in [-0.39, 0.29) is 11.8 Å². The SMILES string of the molecule is CN1CCC2CC(c3ccc(C(=O)N4CCN(C(=O)C5(O)CC5)CC4)cc3)CCC21C1CCCCCCCC1. The Balaban J connectivity index is 1.07. The third-order valence-electron chi connectivity index (χ3n) is 11.4. The fourth-order valence-electron chi connectivity index (χ4n) is 8.81. The topological polar surface area (TPSA) is 64.1 Å². The molecule has 0 bridgehead atoms. The maximum absolute atomic E-state index is 13.2. The zero-order valence-corrected chi connectivity index (χ0v) is 24.1. The van der Waals surface area contributed by atoms with Crippen LogP contribution in [0.3, 0.4) is 0 Å². The summed E-state index contributed by atoms with van der Waals surface area (Å²) in [5, 5.41) is 10.1. The number of amides is 2. The first-order valence-corrected chi connectivity index (χ1v) is 16.0. The minimum Gasteiger partial charge on any atom is -0.380 e. The highest BCUT2D eigenvalue weighted by atomic mass is 16.3. The molecule has 5 fully saturated rings. The van der Waals surface area contributed by atoms with Crippen molar-refractivity contribution in [1.82, 2.24) is 14.7 Å². The van der Waals surface area contributed by atoms with E-state index in [1.807, 2.05) is 17.0 Å². The molecule has 2 aliphatic heterocycles. The average molecular weight is 536 g/mol. The van der Waals surface area contributed by atoms with Gasteiger partial charge in [0.15, 0.2) is 0 Å². The third kappa shape index (κ3) is 5.28. The molecular weight excluding hydrogens is 486 g/mol. The van der Waals surface area contributed by atoms with Gasteiger partial charge in [-0.05, 0) is 100 Å². The lowest BCUT2D eigenvalue weighted by Crippen LogP contribution is -2.54. The molecule has 1 aromatic carbocycles. The Kier molecular flexibility index (Phi) is 7.80. The molecule has 2 saturated heterocycles. The molecule has 0 radical (unpaired) electrons. The molecule has 6 rings (SSSR count). The summed E-state index contributed by atoms with van der Waals surface area (Å²) in [6.45, 7) is 3.32. The van der Waals surface area contributed by atoms with E-state index in [1.165, 1.54) is 89.2 Å². The second-order valence-corrected chi connectivity index (χ2v) is 13.5. The van der Waals surface area contributed by atoms with Crippen molar-refractivity contribution < 1.29 is 14.7 Å². The monoisotopic (exact) mass is 535 g/mol. The van der Waals surface area contributed by atoms with Crippen LogP contribution in [-0.4, -0.2) is 82.5 Å². The Hall–Kier alpha value is -1.92. The lowest BCUT2D eigenvalue weighted by Gasteiger charge is -2.52. The summed E-state index contributed by atoms with van der Waals surface area (Å²) in [6.07, 6.45) is 17.7. The number of aliphatic hydroxyl groups is 1. The standard InChI is InChI=1S/C33H49N3O3/c1-34-19-15-29-24-27(14-16-33(29,34)28-8-6-4-2-3-5-7-9-28)25-10-12-26(13-11-25)30(37)35-20-22-36(23-21-35)31(38)32(39)17-18-32/h10-13,27-29,39H,2-9,14-24H2,1H3. The molecule has 6 heteroatoms. The van der Waals surface area contributed by atoms with E-state index in [1.54, 1.807) is 4.90 Å². The normalized spacial score (nSPS) is 32.2. The Morgan fingerprint density at radius 2 is 1.36 bits per heavy atom. The van der Waals surface area contributed by atoms with Crippen molar-refractivity contribution in [3.63, 3.8) is 0 Å². The van der Waals surface area contributed by atoms with E-state index in [0.29, 0.717) is 50.5 Å². The predicted octanol–water partition coefficient (Wildman–Crippen LogP) is 5.20. The summed E-state index contributed by atoms with van der Waals surface area (Å²) in [5.74, 6) is 2.14. The molecule has 39 heavy (non-hydrogen) atoms. The second kappa shape index (κ2) is 11.2. The van der Waals surface area contributed by atoms with E-state index in [2.05, 4.69) is 24.1 Å². The lowest BCUT2D eigenvalue weighted by molar-refractivity contribution is -0.143. The van der Waals surface area contributed by atoms with Crippen LogP contribution in [0.15, 0.2) is 24.3 Å². The van der Waals surface area contributed by atoms with Crippen molar-refractivity contribution in [1.29, 1.82) is 0 Å². The minimum absolute atomic E-state index is 0.0547. The summed E-state index contributed by atoms with van der Waals surface area (Å²) < 4.78 is 0. The number of fused-ring (bicyclic) bond motifs is 1. The molecule has 2 amide bonds. The van der Waals surface area contributed by atoms with Crippen molar-refractivity contribution in [2.24, 2.45) is 11.8 Å². The fraction of sp³-hybridized carbons (Fsp3) is 0.758. The van der Waals surface area contributed by atoms with Crippen molar-refractivity contribution in [2.45, 2.75) is 107 Å². The molecule has 2 heterocycles. The predicted molar refractivity (Wildman–Crippen MR) is 154 cm³/mol. The summed E-state index contributed by atoms with van der Waals surface area (Å²) in [6, 6.07) is 8.49. The summed E-state index contributed by atoms with van der Waals surface area (Å²) in [4.78, 5) is 32.0. The van der Waals surface area contributed by atoms with Crippen LogP contribution < -0.4 is 0 Å². The van der Waals surface area contributed by atoms with E-state index in [0.717, 1.165) is 17.4 Å². The van der Waals surface area contributed by atoms with E-state index in [9.17, 15) is 14.7 Å². The van der Waals surface area contributed by atoms with Crippen LogP contribution in [0.2, 0.25) is 0 Å².